The van der Waals surface area contributed by atoms with Gasteiger partial charge in [-0.2, -0.15) is 0 Å². The van der Waals surface area contributed by atoms with E-state index in [9.17, 15) is 0 Å². The van der Waals surface area contributed by atoms with Crippen molar-refractivity contribution < 1.29 is 4.74 Å². The Morgan fingerprint density at radius 1 is 0.821 bits per heavy atom. The second kappa shape index (κ2) is 9.91. The second-order valence-electron chi connectivity index (χ2n) is 7.32. The third-order valence-electron chi connectivity index (χ3n) is 4.80. The van der Waals surface area contributed by atoms with Crippen molar-refractivity contribution in [3.05, 3.63) is 108 Å². The summed E-state index contributed by atoms with van der Waals surface area (Å²) < 4.78 is 5.85. The van der Waals surface area contributed by atoms with Crippen molar-refractivity contribution in [2.75, 3.05) is 27.2 Å². The molecule has 0 N–H and O–H groups in total. The molecular formula is C26H29NO. The molecular weight excluding hydrogens is 342 g/mol. The monoisotopic (exact) mass is 371 g/mol. The van der Waals surface area contributed by atoms with Crippen LogP contribution < -0.4 is 4.74 Å². The van der Waals surface area contributed by atoms with Crippen molar-refractivity contribution in [1.29, 1.82) is 0 Å². The van der Waals surface area contributed by atoms with Crippen molar-refractivity contribution in [2.45, 2.75) is 12.8 Å². The van der Waals surface area contributed by atoms with Crippen molar-refractivity contribution in [1.82, 2.24) is 4.90 Å². The molecule has 0 amide bonds. The van der Waals surface area contributed by atoms with Gasteiger partial charge in [0, 0.05) is 6.54 Å². The molecule has 0 radical (unpaired) electrons. The minimum Gasteiger partial charge on any atom is -0.492 e. The van der Waals surface area contributed by atoms with Gasteiger partial charge in [-0.3, -0.25) is 0 Å². The van der Waals surface area contributed by atoms with E-state index in [1.807, 2.05) is 0 Å². The van der Waals surface area contributed by atoms with E-state index in [4.69, 9.17) is 4.74 Å². The van der Waals surface area contributed by atoms with Crippen LogP contribution in [0.5, 0.6) is 5.75 Å². The zero-order valence-corrected chi connectivity index (χ0v) is 17.0. The molecule has 0 aliphatic heterocycles. The average molecular weight is 372 g/mol. The Morgan fingerprint density at radius 2 is 1.39 bits per heavy atom. The Bertz CT molecular complexity index is 867. The number of rotatable bonds is 8. The highest BCUT2D eigenvalue weighted by Gasteiger charge is 2.09. The topological polar surface area (TPSA) is 12.5 Å². The summed E-state index contributed by atoms with van der Waals surface area (Å²) in [5.74, 6) is 1.24. The molecule has 0 bridgehead atoms. The molecule has 0 aromatic heterocycles. The van der Waals surface area contributed by atoms with Crippen molar-refractivity contribution in [2.24, 2.45) is 0 Å². The van der Waals surface area contributed by atoms with Crippen molar-refractivity contribution >= 4 is 5.57 Å². The summed E-state index contributed by atoms with van der Waals surface area (Å²) >= 11 is 0. The Balaban J connectivity index is 1.86. The van der Waals surface area contributed by atoms with Crippen LogP contribution in [0.1, 0.15) is 29.5 Å². The molecule has 144 valence electrons. The summed E-state index contributed by atoms with van der Waals surface area (Å²) in [5.41, 5.74) is 5.00. The van der Waals surface area contributed by atoms with E-state index in [1.165, 1.54) is 22.3 Å². The number of benzene rings is 3. The molecule has 3 aromatic rings. The van der Waals surface area contributed by atoms with Gasteiger partial charge in [-0.1, -0.05) is 85.8 Å². The predicted molar refractivity (Wildman–Crippen MR) is 119 cm³/mol. The molecule has 2 nitrogen and oxygen atoms in total. The van der Waals surface area contributed by atoms with Gasteiger partial charge in [0.25, 0.3) is 0 Å². The number of allylic oxidation sites excluding steroid dienone is 1. The summed E-state index contributed by atoms with van der Waals surface area (Å²) in [7, 11) is 4.11. The van der Waals surface area contributed by atoms with Gasteiger partial charge in [-0.05, 0) is 54.4 Å². The standard InChI is InChI=1S/C26H29NO/c1-21(22-10-6-4-7-11-22)20-26(23-12-8-5-9-13-23)24-14-16-25(17-15-24)28-19-18-27(2)3/h4-17,20-21H,18-19H2,1-3H3/b26-20-. The Labute approximate surface area is 169 Å². The third kappa shape index (κ3) is 5.58. The summed E-state index contributed by atoms with van der Waals surface area (Å²) in [6.45, 7) is 3.85. The third-order valence-corrected chi connectivity index (χ3v) is 4.80. The highest BCUT2D eigenvalue weighted by Crippen LogP contribution is 2.29. The normalized spacial score (nSPS) is 12.8. The molecule has 1 atom stereocenters. The van der Waals surface area contributed by atoms with E-state index in [1.54, 1.807) is 0 Å². The molecule has 0 saturated heterocycles. The smallest absolute Gasteiger partial charge is 0.119 e. The van der Waals surface area contributed by atoms with Crippen LogP contribution in [0.2, 0.25) is 0 Å². The zero-order chi connectivity index (χ0) is 19.8. The number of likely N-dealkylation sites (N-methyl/N-ethyl adjacent to an activating group) is 1. The minimum absolute atomic E-state index is 0.326. The lowest BCUT2D eigenvalue weighted by Crippen LogP contribution is -2.19. The van der Waals surface area contributed by atoms with Crippen LogP contribution in [0.25, 0.3) is 5.57 Å². The van der Waals surface area contributed by atoms with Crippen LogP contribution in [0.3, 0.4) is 0 Å². The average Bonchev–Trinajstić information content (AvgIpc) is 2.73. The van der Waals surface area contributed by atoms with Crippen molar-refractivity contribution in [3.63, 3.8) is 0 Å². The van der Waals surface area contributed by atoms with E-state index in [0.717, 1.165) is 12.3 Å². The molecule has 0 spiro atoms. The van der Waals surface area contributed by atoms with Crippen LogP contribution in [-0.4, -0.2) is 32.1 Å². The molecule has 0 heterocycles. The van der Waals surface area contributed by atoms with Crippen LogP contribution in [0.4, 0.5) is 0 Å². The van der Waals surface area contributed by atoms with E-state index < -0.39 is 0 Å². The first kappa shape index (κ1) is 19.9. The van der Waals surface area contributed by atoms with Gasteiger partial charge in [0.2, 0.25) is 0 Å². The fourth-order valence-electron chi connectivity index (χ4n) is 3.16. The molecule has 2 heteroatoms. The number of ether oxygens (including phenoxy) is 1. The van der Waals surface area contributed by atoms with Gasteiger partial charge in [0.15, 0.2) is 0 Å². The zero-order valence-electron chi connectivity index (χ0n) is 17.0. The number of hydrogen-bond donors (Lipinski definition) is 0. The Kier molecular flexibility index (Phi) is 7.05. The molecule has 0 fully saturated rings. The highest BCUT2D eigenvalue weighted by atomic mass is 16.5. The minimum atomic E-state index is 0.326. The lowest BCUT2D eigenvalue weighted by molar-refractivity contribution is 0.261. The maximum atomic E-state index is 5.85. The van der Waals surface area contributed by atoms with Crippen LogP contribution >= 0.6 is 0 Å². The largest absolute Gasteiger partial charge is 0.492 e. The lowest BCUT2D eigenvalue weighted by Gasteiger charge is -2.15. The predicted octanol–water partition coefficient (Wildman–Crippen LogP) is 5.86. The molecule has 3 rings (SSSR count). The lowest BCUT2D eigenvalue weighted by atomic mass is 9.91. The summed E-state index contributed by atoms with van der Waals surface area (Å²) in [6, 6.07) is 29.7. The van der Waals surface area contributed by atoms with Crippen LogP contribution in [0, 0.1) is 0 Å². The van der Waals surface area contributed by atoms with Gasteiger partial charge in [0.05, 0.1) is 0 Å². The van der Waals surface area contributed by atoms with Crippen LogP contribution in [0.15, 0.2) is 91.0 Å². The molecule has 0 saturated carbocycles. The first-order valence-electron chi connectivity index (χ1n) is 9.83. The van der Waals surface area contributed by atoms with Gasteiger partial charge < -0.3 is 9.64 Å². The maximum absolute atomic E-state index is 5.85. The molecule has 0 aliphatic rings. The second-order valence-corrected chi connectivity index (χ2v) is 7.32. The SMILES string of the molecule is CC(/C=C(/c1ccccc1)c1ccc(OCCN(C)C)cc1)c1ccccc1. The molecule has 3 aromatic carbocycles. The van der Waals surface area contributed by atoms with E-state index >= 15 is 0 Å². The summed E-state index contributed by atoms with van der Waals surface area (Å²) in [5, 5.41) is 0. The van der Waals surface area contributed by atoms with Gasteiger partial charge >= 0.3 is 0 Å². The van der Waals surface area contributed by atoms with E-state index in [0.29, 0.717) is 12.5 Å². The quantitative estimate of drug-likeness (QED) is 0.491. The van der Waals surface area contributed by atoms with Gasteiger partial charge in [-0.25, -0.2) is 0 Å². The van der Waals surface area contributed by atoms with E-state index in [2.05, 4.69) is 117 Å². The molecule has 1 unspecified atom stereocenters. The van der Waals surface area contributed by atoms with Gasteiger partial charge in [0.1, 0.15) is 12.4 Å². The Hall–Kier alpha value is -2.84. The first-order valence-corrected chi connectivity index (χ1v) is 9.83. The number of hydrogen-bond acceptors (Lipinski definition) is 2. The summed E-state index contributed by atoms with van der Waals surface area (Å²) in [4.78, 5) is 2.12. The summed E-state index contributed by atoms with van der Waals surface area (Å²) in [6.07, 6.45) is 2.35. The maximum Gasteiger partial charge on any atom is 0.119 e. The molecule has 28 heavy (non-hydrogen) atoms. The fourth-order valence-corrected chi connectivity index (χ4v) is 3.16. The van der Waals surface area contributed by atoms with E-state index in [-0.39, 0.29) is 0 Å². The highest BCUT2D eigenvalue weighted by molar-refractivity contribution is 5.80. The number of nitrogens with zero attached hydrogens (tertiary/aromatic N) is 1. The van der Waals surface area contributed by atoms with Crippen molar-refractivity contribution in [3.8, 4) is 5.75 Å². The van der Waals surface area contributed by atoms with Crippen LogP contribution in [-0.2, 0) is 0 Å². The van der Waals surface area contributed by atoms with Gasteiger partial charge in [-0.15, -0.1) is 0 Å². The molecule has 0 aliphatic carbocycles. The first-order chi connectivity index (χ1) is 13.6. The Morgan fingerprint density at radius 3 is 2.00 bits per heavy atom. The fraction of sp³-hybridized carbons (Fsp3) is 0.231.